The lowest BCUT2D eigenvalue weighted by Gasteiger charge is -2.30. The van der Waals surface area contributed by atoms with Crippen molar-refractivity contribution >= 4 is 21.6 Å². The maximum absolute atomic E-state index is 13.9. The van der Waals surface area contributed by atoms with E-state index in [9.17, 15) is 17.6 Å². The molecule has 1 amide bonds. The molecule has 1 saturated heterocycles. The van der Waals surface area contributed by atoms with E-state index in [1.165, 1.54) is 22.5 Å². The Kier molecular flexibility index (Phi) is 5.92. The van der Waals surface area contributed by atoms with E-state index in [-0.39, 0.29) is 29.8 Å². The number of rotatable bonds is 5. The predicted octanol–water partition coefficient (Wildman–Crippen LogP) is 3.43. The molecule has 2 aromatic rings. The highest BCUT2D eigenvalue weighted by atomic mass is 32.2. The Balaban J connectivity index is 1.63. The molecule has 1 aliphatic rings. The van der Waals surface area contributed by atoms with Crippen LogP contribution in [0.2, 0.25) is 0 Å². The van der Waals surface area contributed by atoms with Gasteiger partial charge in [0.2, 0.25) is 15.9 Å². The Bertz CT molecular complexity index is 922. The molecule has 0 spiro atoms. The van der Waals surface area contributed by atoms with Gasteiger partial charge in [-0.3, -0.25) is 4.79 Å². The van der Waals surface area contributed by atoms with Crippen molar-refractivity contribution in [3.05, 3.63) is 59.9 Å². The topological polar surface area (TPSA) is 66.5 Å². The van der Waals surface area contributed by atoms with Crippen LogP contribution in [0.15, 0.2) is 53.4 Å². The lowest BCUT2D eigenvalue weighted by atomic mass is 9.97. The number of piperidine rings is 1. The summed E-state index contributed by atoms with van der Waals surface area (Å²) in [6, 6.07) is 13.0. The Morgan fingerprint density at radius 3 is 2.52 bits per heavy atom. The summed E-state index contributed by atoms with van der Waals surface area (Å²) < 4.78 is 40.4. The van der Waals surface area contributed by atoms with Crippen LogP contribution in [-0.4, -0.2) is 31.7 Å². The fraction of sp³-hybridized carbons (Fsp3) is 0.350. The van der Waals surface area contributed by atoms with E-state index in [4.69, 9.17) is 0 Å². The van der Waals surface area contributed by atoms with E-state index in [0.29, 0.717) is 12.8 Å². The third kappa shape index (κ3) is 4.36. The van der Waals surface area contributed by atoms with Crippen molar-refractivity contribution in [2.24, 2.45) is 5.92 Å². The molecule has 1 aliphatic heterocycles. The van der Waals surface area contributed by atoms with E-state index in [1.54, 1.807) is 0 Å². The smallest absolute Gasteiger partial charge is 0.245 e. The molecule has 0 aliphatic carbocycles. The standard InChI is InChI=1S/C20H23FN2O3S/c1-2-15-6-5-7-17(14-15)22-20(24)16-10-12-23(13-11-16)27(25,26)19-9-4-3-8-18(19)21/h3-9,14,16H,2,10-13H2,1H3,(H,22,24). The zero-order valence-corrected chi connectivity index (χ0v) is 16.0. The highest BCUT2D eigenvalue weighted by molar-refractivity contribution is 7.89. The van der Waals surface area contributed by atoms with Crippen LogP contribution in [0.5, 0.6) is 0 Å². The minimum Gasteiger partial charge on any atom is -0.326 e. The summed E-state index contributed by atoms with van der Waals surface area (Å²) in [5.74, 6) is -1.12. The van der Waals surface area contributed by atoms with Crippen molar-refractivity contribution in [3.63, 3.8) is 0 Å². The molecule has 1 N–H and O–H groups in total. The van der Waals surface area contributed by atoms with Crippen LogP contribution in [-0.2, 0) is 21.2 Å². The SMILES string of the molecule is CCc1cccc(NC(=O)C2CCN(S(=O)(=O)c3ccccc3F)CC2)c1. The maximum Gasteiger partial charge on any atom is 0.245 e. The second-order valence-electron chi connectivity index (χ2n) is 6.65. The van der Waals surface area contributed by atoms with Crippen LogP contribution in [0.25, 0.3) is 0 Å². The average Bonchev–Trinajstić information content (AvgIpc) is 2.68. The van der Waals surface area contributed by atoms with Crippen LogP contribution >= 0.6 is 0 Å². The van der Waals surface area contributed by atoms with E-state index in [0.717, 1.165) is 23.7 Å². The molecule has 27 heavy (non-hydrogen) atoms. The molecule has 0 radical (unpaired) electrons. The first-order valence-corrected chi connectivity index (χ1v) is 10.5. The predicted molar refractivity (Wildman–Crippen MR) is 102 cm³/mol. The first-order valence-electron chi connectivity index (χ1n) is 9.06. The Labute approximate surface area is 159 Å². The van der Waals surface area contributed by atoms with Crippen molar-refractivity contribution in [1.82, 2.24) is 4.31 Å². The van der Waals surface area contributed by atoms with Crippen molar-refractivity contribution in [1.29, 1.82) is 0 Å². The van der Waals surface area contributed by atoms with E-state index in [1.807, 2.05) is 31.2 Å². The van der Waals surface area contributed by atoms with Gasteiger partial charge in [-0.2, -0.15) is 4.31 Å². The van der Waals surface area contributed by atoms with E-state index in [2.05, 4.69) is 5.32 Å². The minimum absolute atomic E-state index is 0.105. The first-order chi connectivity index (χ1) is 12.9. The summed E-state index contributed by atoms with van der Waals surface area (Å²) in [4.78, 5) is 12.2. The van der Waals surface area contributed by atoms with E-state index >= 15 is 0 Å². The molecule has 144 valence electrons. The van der Waals surface area contributed by atoms with Crippen molar-refractivity contribution in [2.75, 3.05) is 18.4 Å². The number of halogens is 1. The number of nitrogens with one attached hydrogen (secondary N) is 1. The molecule has 1 heterocycles. The molecule has 7 heteroatoms. The van der Waals surface area contributed by atoms with Gasteiger partial charge >= 0.3 is 0 Å². The second kappa shape index (κ2) is 8.19. The molecule has 2 aromatic carbocycles. The quantitative estimate of drug-likeness (QED) is 0.851. The molecule has 5 nitrogen and oxygen atoms in total. The van der Waals surface area contributed by atoms with Crippen molar-refractivity contribution in [2.45, 2.75) is 31.1 Å². The van der Waals surface area contributed by atoms with Gasteiger partial charge in [0.25, 0.3) is 0 Å². The molecule has 0 atom stereocenters. The number of anilines is 1. The lowest BCUT2D eigenvalue weighted by Crippen LogP contribution is -2.41. The normalized spacial score (nSPS) is 16.2. The summed E-state index contributed by atoms with van der Waals surface area (Å²) in [5, 5.41) is 2.91. The molecule has 3 rings (SSSR count). The number of sulfonamides is 1. The van der Waals surface area contributed by atoms with Gasteiger partial charge in [0.1, 0.15) is 10.7 Å². The van der Waals surface area contributed by atoms with Gasteiger partial charge in [-0.05, 0) is 49.1 Å². The van der Waals surface area contributed by atoms with Gasteiger partial charge in [0, 0.05) is 24.7 Å². The molecule has 0 aromatic heterocycles. The average molecular weight is 390 g/mol. The molecule has 0 bridgehead atoms. The second-order valence-corrected chi connectivity index (χ2v) is 8.56. The lowest BCUT2D eigenvalue weighted by molar-refractivity contribution is -0.120. The number of benzene rings is 2. The maximum atomic E-state index is 13.9. The van der Waals surface area contributed by atoms with Crippen LogP contribution in [0.1, 0.15) is 25.3 Å². The summed E-state index contributed by atoms with van der Waals surface area (Å²) in [6.07, 6.45) is 1.70. The number of carbonyl (C=O) groups excluding carboxylic acids is 1. The Morgan fingerprint density at radius 1 is 1.15 bits per heavy atom. The summed E-state index contributed by atoms with van der Waals surface area (Å²) in [6.45, 7) is 2.44. The largest absolute Gasteiger partial charge is 0.326 e. The van der Waals surface area contributed by atoms with Crippen LogP contribution in [0.4, 0.5) is 10.1 Å². The molecule has 0 unspecified atom stereocenters. The summed E-state index contributed by atoms with van der Waals surface area (Å²) in [5.41, 5.74) is 1.89. The number of hydrogen-bond acceptors (Lipinski definition) is 3. The van der Waals surface area contributed by atoms with Crippen molar-refractivity contribution < 1.29 is 17.6 Å². The number of amides is 1. The zero-order valence-electron chi connectivity index (χ0n) is 15.2. The number of carbonyl (C=O) groups is 1. The number of hydrogen-bond donors (Lipinski definition) is 1. The van der Waals surface area contributed by atoms with E-state index < -0.39 is 15.8 Å². The highest BCUT2D eigenvalue weighted by Crippen LogP contribution is 2.26. The Morgan fingerprint density at radius 2 is 1.85 bits per heavy atom. The first kappa shape index (κ1) is 19.5. The van der Waals surface area contributed by atoms with Gasteiger partial charge in [-0.25, -0.2) is 12.8 Å². The minimum atomic E-state index is -3.88. The molecular weight excluding hydrogens is 367 g/mol. The molecule has 1 fully saturated rings. The Hall–Kier alpha value is -2.25. The monoisotopic (exact) mass is 390 g/mol. The third-order valence-corrected chi connectivity index (χ3v) is 6.81. The highest BCUT2D eigenvalue weighted by Gasteiger charge is 2.33. The summed E-state index contributed by atoms with van der Waals surface area (Å²) in [7, 11) is -3.88. The zero-order chi connectivity index (χ0) is 19.4. The molecule has 0 saturated carbocycles. The fourth-order valence-electron chi connectivity index (χ4n) is 3.26. The van der Waals surface area contributed by atoms with Crippen molar-refractivity contribution in [3.8, 4) is 0 Å². The number of nitrogens with zero attached hydrogens (tertiary/aromatic N) is 1. The van der Waals surface area contributed by atoms with Gasteiger partial charge in [0.05, 0.1) is 0 Å². The fourth-order valence-corrected chi connectivity index (χ4v) is 4.80. The van der Waals surface area contributed by atoms with Crippen LogP contribution < -0.4 is 5.32 Å². The summed E-state index contributed by atoms with van der Waals surface area (Å²) >= 11 is 0. The third-order valence-electron chi connectivity index (χ3n) is 4.88. The van der Waals surface area contributed by atoms with Crippen LogP contribution in [0, 0.1) is 11.7 Å². The number of aryl methyl sites for hydroxylation is 1. The van der Waals surface area contributed by atoms with Gasteiger partial charge in [-0.1, -0.05) is 31.2 Å². The van der Waals surface area contributed by atoms with Gasteiger partial charge in [0.15, 0.2) is 0 Å². The molecular formula is C20H23FN2O3S. The van der Waals surface area contributed by atoms with Gasteiger partial charge in [-0.15, -0.1) is 0 Å². The van der Waals surface area contributed by atoms with Gasteiger partial charge < -0.3 is 5.32 Å². The van der Waals surface area contributed by atoms with Crippen LogP contribution in [0.3, 0.4) is 0 Å².